The van der Waals surface area contributed by atoms with E-state index in [1.54, 1.807) is 0 Å². The predicted octanol–water partition coefficient (Wildman–Crippen LogP) is -1.04. The number of hydrogen-bond donors (Lipinski definition) is 3. The van der Waals surface area contributed by atoms with Gasteiger partial charge in [0.2, 0.25) is 0 Å². The van der Waals surface area contributed by atoms with E-state index in [4.69, 9.17) is 10.2 Å². The monoisotopic (exact) mass is 233 g/mol. The number of hydrogen-bond acceptors (Lipinski definition) is 4. The maximum atomic E-state index is 11.7. The third kappa shape index (κ3) is 4.44. The standard InChI is InChI=1S/C5H9F2NO5S/c6-5(7)14(12,13)8-2-1-3(9)4(10)11/h3,5,8-9H,1-2H2,(H,10,11)/t3-/m0/s1. The van der Waals surface area contributed by atoms with Crippen molar-refractivity contribution < 1.29 is 32.2 Å². The molecule has 0 aromatic rings. The number of alkyl halides is 2. The van der Waals surface area contributed by atoms with Crippen molar-refractivity contribution in [3.63, 3.8) is 0 Å². The highest BCUT2D eigenvalue weighted by Gasteiger charge is 2.23. The van der Waals surface area contributed by atoms with E-state index >= 15 is 0 Å². The second-order valence-electron chi connectivity index (χ2n) is 2.34. The van der Waals surface area contributed by atoms with Gasteiger partial charge in [-0.25, -0.2) is 17.9 Å². The van der Waals surface area contributed by atoms with Crippen LogP contribution in [0.3, 0.4) is 0 Å². The largest absolute Gasteiger partial charge is 0.479 e. The van der Waals surface area contributed by atoms with Gasteiger partial charge in [0.1, 0.15) is 0 Å². The van der Waals surface area contributed by atoms with Crippen molar-refractivity contribution in [1.29, 1.82) is 0 Å². The second-order valence-corrected chi connectivity index (χ2v) is 4.08. The Morgan fingerprint density at radius 1 is 1.43 bits per heavy atom. The van der Waals surface area contributed by atoms with E-state index in [-0.39, 0.29) is 0 Å². The fourth-order valence-electron chi connectivity index (χ4n) is 0.524. The lowest BCUT2D eigenvalue weighted by molar-refractivity contribution is -0.146. The van der Waals surface area contributed by atoms with Crippen LogP contribution in [0.5, 0.6) is 0 Å². The number of aliphatic hydroxyl groups is 1. The zero-order valence-electron chi connectivity index (χ0n) is 6.85. The number of sulfonamides is 1. The summed E-state index contributed by atoms with van der Waals surface area (Å²) in [5.74, 6) is -5.11. The zero-order chi connectivity index (χ0) is 11.4. The van der Waals surface area contributed by atoms with E-state index in [1.807, 2.05) is 0 Å². The normalized spacial score (nSPS) is 14.3. The smallest absolute Gasteiger partial charge is 0.350 e. The molecule has 0 unspecified atom stereocenters. The van der Waals surface area contributed by atoms with E-state index in [0.717, 1.165) is 0 Å². The maximum absolute atomic E-state index is 11.7. The summed E-state index contributed by atoms with van der Waals surface area (Å²) in [6.45, 7) is -0.555. The Balaban J connectivity index is 3.92. The zero-order valence-corrected chi connectivity index (χ0v) is 7.67. The summed E-state index contributed by atoms with van der Waals surface area (Å²) in [6, 6.07) is 0. The minimum Gasteiger partial charge on any atom is -0.479 e. The second kappa shape index (κ2) is 5.17. The minimum atomic E-state index is -4.71. The van der Waals surface area contributed by atoms with Crippen molar-refractivity contribution in [3.05, 3.63) is 0 Å². The first kappa shape index (κ1) is 13.2. The first-order valence-electron chi connectivity index (χ1n) is 3.45. The molecule has 6 nitrogen and oxygen atoms in total. The van der Waals surface area contributed by atoms with Gasteiger partial charge in [-0.05, 0) is 6.42 Å². The van der Waals surface area contributed by atoms with E-state index in [9.17, 15) is 22.0 Å². The Hall–Kier alpha value is -0.800. The van der Waals surface area contributed by atoms with E-state index < -0.39 is 40.8 Å². The molecule has 0 saturated heterocycles. The van der Waals surface area contributed by atoms with Crippen LogP contribution in [-0.4, -0.2) is 43.0 Å². The van der Waals surface area contributed by atoms with Crippen LogP contribution >= 0.6 is 0 Å². The van der Waals surface area contributed by atoms with Crippen molar-refractivity contribution >= 4 is 16.0 Å². The Kier molecular flexibility index (Phi) is 4.88. The number of carboxylic acid groups (broad SMARTS) is 1. The third-order valence-corrected chi connectivity index (χ3v) is 2.32. The summed E-state index contributed by atoms with van der Waals surface area (Å²) in [5.41, 5.74) is 0. The number of aliphatic hydroxyl groups excluding tert-OH is 1. The number of halogens is 2. The van der Waals surface area contributed by atoms with Gasteiger partial charge in [-0.3, -0.25) is 0 Å². The van der Waals surface area contributed by atoms with Crippen molar-refractivity contribution in [1.82, 2.24) is 4.72 Å². The molecule has 1 atom stereocenters. The fraction of sp³-hybridized carbons (Fsp3) is 0.800. The Labute approximate surface area is 78.6 Å². The van der Waals surface area contributed by atoms with Gasteiger partial charge in [0.05, 0.1) is 0 Å². The van der Waals surface area contributed by atoms with Gasteiger partial charge in [0.15, 0.2) is 6.10 Å². The van der Waals surface area contributed by atoms with Gasteiger partial charge >= 0.3 is 11.7 Å². The van der Waals surface area contributed by atoms with Crippen LogP contribution in [0.4, 0.5) is 8.78 Å². The first-order chi connectivity index (χ1) is 6.27. The van der Waals surface area contributed by atoms with Gasteiger partial charge in [-0.1, -0.05) is 0 Å². The molecule has 0 aliphatic rings. The average Bonchev–Trinajstić information content (AvgIpc) is 2.03. The molecule has 0 rings (SSSR count). The Morgan fingerprint density at radius 2 is 1.93 bits per heavy atom. The molecule has 0 saturated carbocycles. The molecular formula is C5H9F2NO5S. The number of rotatable bonds is 6. The lowest BCUT2D eigenvalue weighted by atomic mass is 10.3. The molecule has 0 amide bonds. The summed E-state index contributed by atoms with van der Waals surface area (Å²) >= 11 is 0. The molecule has 0 heterocycles. The van der Waals surface area contributed by atoms with Gasteiger partial charge in [-0.15, -0.1) is 0 Å². The van der Waals surface area contributed by atoms with Crippen molar-refractivity contribution in [2.75, 3.05) is 6.54 Å². The van der Waals surface area contributed by atoms with Crippen molar-refractivity contribution in [2.45, 2.75) is 18.3 Å². The van der Waals surface area contributed by atoms with Gasteiger partial charge in [0.25, 0.3) is 10.0 Å². The third-order valence-electron chi connectivity index (χ3n) is 1.24. The van der Waals surface area contributed by atoms with Crippen LogP contribution in [0.25, 0.3) is 0 Å². The van der Waals surface area contributed by atoms with Crippen LogP contribution in [0.15, 0.2) is 0 Å². The lowest BCUT2D eigenvalue weighted by Crippen LogP contribution is -2.33. The molecule has 0 aromatic heterocycles. The molecule has 9 heteroatoms. The summed E-state index contributed by atoms with van der Waals surface area (Å²) in [6.07, 6.45) is -2.24. The maximum Gasteiger partial charge on any atom is 0.350 e. The molecule has 0 fully saturated rings. The van der Waals surface area contributed by atoms with Crippen LogP contribution < -0.4 is 4.72 Å². The molecule has 0 aliphatic heterocycles. The van der Waals surface area contributed by atoms with Crippen LogP contribution in [0, 0.1) is 0 Å². The summed E-state index contributed by atoms with van der Waals surface area (Å²) < 4.78 is 45.6. The molecule has 3 N–H and O–H groups in total. The van der Waals surface area contributed by atoms with Crippen molar-refractivity contribution in [3.8, 4) is 0 Å². The quantitative estimate of drug-likeness (QED) is 0.544. The molecule has 0 aliphatic carbocycles. The average molecular weight is 233 g/mol. The summed E-state index contributed by atoms with van der Waals surface area (Å²) in [4.78, 5) is 10.0. The number of aliphatic carboxylic acids is 1. The number of carboxylic acids is 1. The van der Waals surface area contributed by atoms with Crippen molar-refractivity contribution in [2.24, 2.45) is 0 Å². The molecule has 14 heavy (non-hydrogen) atoms. The Morgan fingerprint density at radius 3 is 2.29 bits per heavy atom. The molecule has 0 aromatic carbocycles. The highest BCUT2D eigenvalue weighted by molar-refractivity contribution is 7.89. The highest BCUT2D eigenvalue weighted by atomic mass is 32.2. The molecular weight excluding hydrogens is 224 g/mol. The van der Waals surface area contributed by atoms with Crippen LogP contribution in [0.2, 0.25) is 0 Å². The predicted molar refractivity (Wildman–Crippen MR) is 41.2 cm³/mol. The highest BCUT2D eigenvalue weighted by Crippen LogP contribution is 2.01. The minimum absolute atomic E-state index is 0.471. The summed E-state index contributed by atoms with van der Waals surface area (Å²) in [7, 11) is -4.71. The van der Waals surface area contributed by atoms with E-state index in [2.05, 4.69) is 0 Å². The number of carbonyl (C=O) groups is 1. The summed E-state index contributed by atoms with van der Waals surface area (Å²) in [5, 5.41) is 16.8. The van der Waals surface area contributed by atoms with Crippen LogP contribution in [0.1, 0.15) is 6.42 Å². The van der Waals surface area contributed by atoms with E-state index in [1.165, 1.54) is 4.72 Å². The van der Waals surface area contributed by atoms with Gasteiger partial charge < -0.3 is 10.2 Å². The van der Waals surface area contributed by atoms with E-state index in [0.29, 0.717) is 0 Å². The van der Waals surface area contributed by atoms with Gasteiger partial charge in [0, 0.05) is 6.54 Å². The molecule has 0 spiro atoms. The van der Waals surface area contributed by atoms with Crippen LogP contribution in [-0.2, 0) is 14.8 Å². The fourth-order valence-corrected chi connectivity index (χ4v) is 1.05. The lowest BCUT2D eigenvalue weighted by Gasteiger charge is -2.06. The first-order valence-corrected chi connectivity index (χ1v) is 4.99. The molecule has 0 bridgehead atoms. The topological polar surface area (TPSA) is 104 Å². The van der Waals surface area contributed by atoms with Gasteiger partial charge in [-0.2, -0.15) is 8.78 Å². The Bertz CT molecular complexity index is 290. The SMILES string of the molecule is O=C(O)[C@@H](O)CCNS(=O)(=O)C(F)F. The molecule has 0 radical (unpaired) electrons. The molecule has 84 valence electrons. The number of nitrogens with one attached hydrogen (secondary N) is 1.